The minimum Gasteiger partial charge on any atom is -0.507 e. The van der Waals surface area contributed by atoms with Crippen LogP contribution in [0.2, 0.25) is 0 Å². The van der Waals surface area contributed by atoms with Crippen molar-refractivity contribution in [3.8, 4) is 5.75 Å². The van der Waals surface area contributed by atoms with Gasteiger partial charge in [0.1, 0.15) is 12.3 Å². The van der Waals surface area contributed by atoms with Gasteiger partial charge in [0.2, 0.25) is 11.8 Å². The number of aryl methyl sites for hydroxylation is 1. The average Bonchev–Trinajstić information content (AvgIpc) is 2.77. The van der Waals surface area contributed by atoms with Gasteiger partial charge in [-0.15, -0.1) is 0 Å². The molecule has 7 heteroatoms. The van der Waals surface area contributed by atoms with Crippen LogP contribution in [0, 0.1) is 6.92 Å². The molecule has 3 amide bonds. The number of fused-ring (bicyclic) bond motifs is 1. The van der Waals surface area contributed by atoms with Crippen molar-refractivity contribution in [3.05, 3.63) is 53.6 Å². The van der Waals surface area contributed by atoms with Gasteiger partial charge in [-0.1, -0.05) is 23.8 Å². The molecule has 146 valence electrons. The Morgan fingerprint density at radius 1 is 1.25 bits per heavy atom. The van der Waals surface area contributed by atoms with Crippen LogP contribution in [0.15, 0.2) is 42.5 Å². The molecule has 1 atom stereocenters. The Morgan fingerprint density at radius 3 is 2.71 bits per heavy atom. The Bertz CT molecular complexity index is 941. The Kier molecular flexibility index (Phi) is 5.35. The number of nitrogens with one attached hydrogen (secondary N) is 1. The van der Waals surface area contributed by atoms with E-state index in [-0.39, 0.29) is 42.1 Å². The standard InChI is InChI=1S/C21H23N3O4/c1-13-8-9-18(25)15(10-13)21(28)23(3)12-20(27)24-14(2)11-19(26)22-16-6-4-5-7-17(16)24/h4-10,14,25H,11-12H2,1-3H3,(H,22,26)/t14-/m0/s1. The predicted octanol–water partition coefficient (Wildman–Crippen LogP) is 2.54. The summed E-state index contributed by atoms with van der Waals surface area (Å²) in [7, 11) is 1.51. The lowest BCUT2D eigenvalue weighted by Gasteiger charge is -2.29. The van der Waals surface area contributed by atoms with E-state index < -0.39 is 5.91 Å². The molecule has 3 rings (SSSR count). The molecule has 1 aliphatic rings. The van der Waals surface area contributed by atoms with Crippen LogP contribution in [-0.4, -0.2) is 47.4 Å². The fraction of sp³-hybridized carbons (Fsp3) is 0.286. The van der Waals surface area contributed by atoms with Gasteiger partial charge in [0, 0.05) is 19.5 Å². The minimum atomic E-state index is -0.445. The Morgan fingerprint density at radius 2 is 1.96 bits per heavy atom. The number of aromatic hydroxyl groups is 1. The second-order valence-electron chi connectivity index (χ2n) is 7.06. The number of hydrogen-bond donors (Lipinski definition) is 2. The largest absolute Gasteiger partial charge is 0.507 e. The summed E-state index contributed by atoms with van der Waals surface area (Å²) in [6, 6.07) is 11.5. The van der Waals surface area contributed by atoms with E-state index in [9.17, 15) is 19.5 Å². The molecule has 0 aromatic heterocycles. The molecule has 0 spiro atoms. The van der Waals surface area contributed by atoms with Gasteiger partial charge in [-0.3, -0.25) is 14.4 Å². The molecule has 0 bridgehead atoms. The number of hydrogen-bond acceptors (Lipinski definition) is 4. The first-order valence-electron chi connectivity index (χ1n) is 9.04. The summed E-state index contributed by atoms with van der Waals surface area (Å²) in [5, 5.41) is 12.8. The van der Waals surface area contributed by atoms with E-state index in [1.807, 2.05) is 6.92 Å². The lowest BCUT2D eigenvalue weighted by atomic mass is 10.1. The zero-order valence-corrected chi connectivity index (χ0v) is 16.1. The van der Waals surface area contributed by atoms with Gasteiger partial charge in [-0.25, -0.2) is 0 Å². The summed E-state index contributed by atoms with van der Waals surface area (Å²) < 4.78 is 0. The van der Waals surface area contributed by atoms with Crippen molar-refractivity contribution in [2.45, 2.75) is 26.3 Å². The lowest BCUT2D eigenvalue weighted by Crippen LogP contribution is -2.45. The zero-order chi connectivity index (χ0) is 20.4. The number of carbonyl (C=O) groups is 3. The number of nitrogens with zero attached hydrogens (tertiary/aromatic N) is 2. The molecular formula is C21H23N3O4. The normalized spacial score (nSPS) is 16.0. The molecule has 0 aliphatic carbocycles. The average molecular weight is 381 g/mol. The molecule has 2 aromatic carbocycles. The van der Waals surface area contributed by atoms with Crippen molar-refractivity contribution in [2.75, 3.05) is 23.8 Å². The quantitative estimate of drug-likeness (QED) is 0.855. The number of rotatable bonds is 3. The minimum absolute atomic E-state index is 0.127. The molecule has 7 nitrogen and oxygen atoms in total. The highest BCUT2D eigenvalue weighted by atomic mass is 16.3. The van der Waals surface area contributed by atoms with Crippen LogP contribution in [0.1, 0.15) is 29.3 Å². The van der Waals surface area contributed by atoms with Gasteiger partial charge in [0.05, 0.1) is 16.9 Å². The van der Waals surface area contributed by atoms with Gasteiger partial charge < -0.3 is 20.2 Å². The van der Waals surface area contributed by atoms with E-state index in [0.29, 0.717) is 11.4 Å². The van der Waals surface area contributed by atoms with Crippen molar-refractivity contribution in [2.24, 2.45) is 0 Å². The molecule has 0 fully saturated rings. The van der Waals surface area contributed by atoms with Crippen molar-refractivity contribution in [1.29, 1.82) is 0 Å². The van der Waals surface area contributed by atoms with Gasteiger partial charge in [-0.05, 0) is 38.1 Å². The maximum Gasteiger partial charge on any atom is 0.257 e. The van der Waals surface area contributed by atoms with E-state index >= 15 is 0 Å². The predicted molar refractivity (Wildman–Crippen MR) is 106 cm³/mol. The van der Waals surface area contributed by atoms with Gasteiger partial charge in [0.25, 0.3) is 5.91 Å². The van der Waals surface area contributed by atoms with E-state index in [1.54, 1.807) is 48.2 Å². The summed E-state index contributed by atoms with van der Waals surface area (Å²) >= 11 is 0. The molecule has 2 aromatic rings. The number of anilines is 2. The first kappa shape index (κ1) is 19.4. The molecule has 1 heterocycles. The number of likely N-dealkylation sites (N-methyl/N-ethyl adjacent to an activating group) is 1. The summed E-state index contributed by atoms with van der Waals surface area (Å²) in [5.74, 6) is -1.04. The Balaban J connectivity index is 1.84. The molecule has 0 saturated heterocycles. The van der Waals surface area contributed by atoms with Crippen molar-refractivity contribution < 1.29 is 19.5 Å². The maximum atomic E-state index is 13.1. The van der Waals surface area contributed by atoms with Crippen LogP contribution in [0.5, 0.6) is 5.75 Å². The maximum absolute atomic E-state index is 13.1. The highest BCUT2D eigenvalue weighted by Gasteiger charge is 2.31. The zero-order valence-electron chi connectivity index (χ0n) is 16.1. The third-order valence-electron chi connectivity index (χ3n) is 4.73. The second-order valence-corrected chi connectivity index (χ2v) is 7.06. The molecule has 0 saturated carbocycles. The summed E-state index contributed by atoms with van der Waals surface area (Å²) in [5.41, 5.74) is 2.15. The highest BCUT2D eigenvalue weighted by Crippen LogP contribution is 2.31. The van der Waals surface area contributed by atoms with Crippen molar-refractivity contribution in [3.63, 3.8) is 0 Å². The molecular weight excluding hydrogens is 358 g/mol. The van der Waals surface area contributed by atoms with Crippen LogP contribution in [0.25, 0.3) is 0 Å². The smallest absolute Gasteiger partial charge is 0.257 e. The van der Waals surface area contributed by atoms with Crippen LogP contribution in [0.3, 0.4) is 0 Å². The van der Waals surface area contributed by atoms with Gasteiger partial charge >= 0.3 is 0 Å². The number of benzene rings is 2. The summed E-state index contributed by atoms with van der Waals surface area (Å²) in [6.45, 7) is 3.44. The van der Waals surface area contributed by atoms with E-state index in [2.05, 4.69) is 5.32 Å². The molecule has 2 N–H and O–H groups in total. The van der Waals surface area contributed by atoms with Crippen LogP contribution in [-0.2, 0) is 9.59 Å². The number of amides is 3. The first-order chi connectivity index (χ1) is 13.3. The number of phenols is 1. The Labute approximate surface area is 163 Å². The first-order valence-corrected chi connectivity index (χ1v) is 9.04. The third kappa shape index (κ3) is 3.83. The second kappa shape index (κ2) is 7.72. The number of para-hydroxylation sites is 2. The fourth-order valence-corrected chi connectivity index (χ4v) is 3.35. The monoisotopic (exact) mass is 381 g/mol. The van der Waals surface area contributed by atoms with Crippen molar-refractivity contribution in [1.82, 2.24) is 4.90 Å². The van der Waals surface area contributed by atoms with Crippen LogP contribution in [0.4, 0.5) is 11.4 Å². The molecule has 0 unspecified atom stereocenters. The fourth-order valence-electron chi connectivity index (χ4n) is 3.35. The molecule has 1 aliphatic heterocycles. The topological polar surface area (TPSA) is 89.9 Å². The van der Waals surface area contributed by atoms with Gasteiger partial charge in [0.15, 0.2) is 0 Å². The van der Waals surface area contributed by atoms with Crippen molar-refractivity contribution >= 4 is 29.1 Å². The van der Waals surface area contributed by atoms with E-state index in [0.717, 1.165) is 5.56 Å². The lowest BCUT2D eigenvalue weighted by molar-refractivity contribution is -0.119. The highest BCUT2D eigenvalue weighted by molar-refractivity contribution is 6.06. The molecule has 0 radical (unpaired) electrons. The van der Waals surface area contributed by atoms with E-state index in [1.165, 1.54) is 18.0 Å². The SMILES string of the molecule is Cc1ccc(O)c(C(=O)N(C)CC(=O)N2c3ccccc3NC(=O)C[C@@H]2C)c1. The molecule has 28 heavy (non-hydrogen) atoms. The summed E-state index contributed by atoms with van der Waals surface area (Å²) in [4.78, 5) is 40.7. The number of carbonyl (C=O) groups excluding carboxylic acids is 3. The van der Waals surface area contributed by atoms with Crippen LogP contribution < -0.4 is 10.2 Å². The Hall–Kier alpha value is -3.35. The van der Waals surface area contributed by atoms with Gasteiger partial charge in [-0.2, -0.15) is 0 Å². The number of phenolic OH excluding ortho intramolecular Hbond substituents is 1. The van der Waals surface area contributed by atoms with Crippen LogP contribution >= 0.6 is 0 Å². The summed E-state index contributed by atoms with van der Waals surface area (Å²) in [6.07, 6.45) is 0.163. The van der Waals surface area contributed by atoms with E-state index in [4.69, 9.17) is 0 Å². The third-order valence-corrected chi connectivity index (χ3v) is 4.73.